The standard InChI is InChI=1S/C29H35N3O5S/c1-6-37-26-15-13-25(14-16-26)32(38(35,36)27-17-9-22(3)10-18-27)20-28(33)31(23(4)29(34)30-5)19-24-11-7-21(2)8-12-24/h7-18,23H,6,19-20H2,1-5H3,(H,30,34). The third-order valence-corrected chi connectivity index (χ3v) is 8.00. The van der Waals surface area contributed by atoms with Crippen molar-refractivity contribution < 1.29 is 22.7 Å². The number of hydrogen-bond acceptors (Lipinski definition) is 5. The molecule has 3 aromatic rings. The molecule has 0 aliphatic heterocycles. The van der Waals surface area contributed by atoms with Crippen LogP contribution in [0.3, 0.4) is 0 Å². The minimum atomic E-state index is -4.11. The Morgan fingerprint density at radius 3 is 1.97 bits per heavy atom. The molecule has 1 atom stereocenters. The van der Waals surface area contributed by atoms with Crippen molar-refractivity contribution in [2.45, 2.75) is 45.2 Å². The number of benzene rings is 3. The molecule has 8 nitrogen and oxygen atoms in total. The number of carbonyl (C=O) groups is 2. The molecule has 3 aromatic carbocycles. The highest BCUT2D eigenvalue weighted by Gasteiger charge is 2.32. The maximum absolute atomic E-state index is 13.8. The van der Waals surface area contributed by atoms with E-state index in [1.807, 2.05) is 45.0 Å². The normalized spacial score (nSPS) is 11.9. The molecule has 0 spiro atoms. The summed E-state index contributed by atoms with van der Waals surface area (Å²) in [5, 5.41) is 2.58. The van der Waals surface area contributed by atoms with Crippen LogP contribution in [0.1, 0.15) is 30.5 Å². The molecule has 3 rings (SSSR count). The number of amides is 2. The van der Waals surface area contributed by atoms with Crippen LogP contribution in [0.2, 0.25) is 0 Å². The molecule has 0 fully saturated rings. The van der Waals surface area contributed by atoms with E-state index in [1.165, 1.54) is 24.1 Å². The first-order valence-corrected chi connectivity index (χ1v) is 13.9. The van der Waals surface area contributed by atoms with E-state index >= 15 is 0 Å². The number of nitrogens with one attached hydrogen (secondary N) is 1. The number of rotatable bonds is 11. The van der Waals surface area contributed by atoms with Gasteiger partial charge in [0.25, 0.3) is 10.0 Å². The topological polar surface area (TPSA) is 96.0 Å². The Morgan fingerprint density at radius 1 is 0.895 bits per heavy atom. The molecule has 1 unspecified atom stereocenters. The maximum Gasteiger partial charge on any atom is 0.264 e. The lowest BCUT2D eigenvalue weighted by atomic mass is 10.1. The van der Waals surface area contributed by atoms with Crippen LogP contribution in [0.15, 0.2) is 77.7 Å². The van der Waals surface area contributed by atoms with E-state index in [0.717, 1.165) is 21.0 Å². The van der Waals surface area contributed by atoms with E-state index in [4.69, 9.17) is 4.74 Å². The molecular formula is C29H35N3O5S. The lowest BCUT2D eigenvalue weighted by molar-refractivity contribution is -0.139. The Hall–Kier alpha value is -3.85. The monoisotopic (exact) mass is 537 g/mol. The molecule has 0 saturated heterocycles. The van der Waals surface area contributed by atoms with Crippen molar-refractivity contribution in [2.75, 3.05) is 24.5 Å². The highest BCUT2D eigenvalue weighted by molar-refractivity contribution is 7.92. The number of carbonyl (C=O) groups excluding carboxylic acids is 2. The molecule has 0 saturated carbocycles. The van der Waals surface area contributed by atoms with Gasteiger partial charge in [-0.15, -0.1) is 0 Å². The summed E-state index contributed by atoms with van der Waals surface area (Å²) < 4.78 is 34.2. The second-order valence-corrected chi connectivity index (χ2v) is 10.9. The smallest absolute Gasteiger partial charge is 0.264 e. The van der Waals surface area contributed by atoms with Gasteiger partial charge in [-0.3, -0.25) is 13.9 Å². The van der Waals surface area contributed by atoms with Gasteiger partial charge in [0.05, 0.1) is 17.2 Å². The Morgan fingerprint density at radius 2 is 1.45 bits per heavy atom. The number of anilines is 1. The number of sulfonamides is 1. The van der Waals surface area contributed by atoms with Gasteiger partial charge in [0.1, 0.15) is 18.3 Å². The summed E-state index contributed by atoms with van der Waals surface area (Å²) >= 11 is 0. The minimum absolute atomic E-state index is 0.0641. The third-order valence-electron chi connectivity index (χ3n) is 6.21. The highest BCUT2D eigenvalue weighted by Crippen LogP contribution is 2.27. The van der Waals surface area contributed by atoms with Crippen molar-refractivity contribution >= 4 is 27.5 Å². The number of aryl methyl sites for hydroxylation is 2. The van der Waals surface area contributed by atoms with Gasteiger partial charge in [0.15, 0.2) is 0 Å². The van der Waals surface area contributed by atoms with Crippen LogP contribution < -0.4 is 14.4 Å². The maximum atomic E-state index is 13.8. The second-order valence-electron chi connectivity index (χ2n) is 9.05. The minimum Gasteiger partial charge on any atom is -0.494 e. The van der Waals surface area contributed by atoms with Crippen molar-refractivity contribution in [3.05, 3.63) is 89.5 Å². The second kappa shape index (κ2) is 12.6. The predicted octanol–water partition coefficient (Wildman–Crippen LogP) is 4.06. The molecule has 1 N–H and O–H groups in total. The summed E-state index contributed by atoms with van der Waals surface area (Å²) in [5.74, 6) is -0.268. The molecule has 0 bridgehead atoms. The number of hydrogen-bond donors (Lipinski definition) is 1. The third kappa shape index (κ3) is 6.92. The van der Waals surface area contributed by atoms with Gasteiger partial charge in [0, 0.05) is 13.6 Å². The summed E-state index contributed by atoms with van der Waals surface area (Å²) in [7, 11) is -2.61. The van der Waals surface area contributed by atoms with Crippen LogP contribution >= 0.6 is 0 Å². The molecule has 0 heterocycles. The number of likely N-dealkylation sites (N-methyl/N-ethyl adjacent to an activating group) is 1. The van der Waals surface area contributed by atoms with E-state index in [2.05, 4.69) is 5.32 Å². The van der Waals surface area contributed by atoms with Crippen LogP contribution in [-0.2, 0) is 26.2 Å². The summed E-state index contributed by atoms with van der Waals surface area (Å²) in [5.41, 5.74) is 3.12. The molecule has 9 heteroatoms. The van der Waals surface area contributed by atoms with Crippen LogP contribution in [0.5, 0.6) is 5.75 Å². The Labute approximate surface area is 225 Å². The van der Waals surface area contributed by atoms with Crippen molar-refractivity contribution in [3.63, 3.8) is 0 Å². The van der Waals surface area contributed by atoms with E-state index in [9.17, 15) is 18.0 Å². The van der Waals surface area contributed by atoms with Crippen molar-refractivity contribution in [1.82, 2.24) is 10.2 Å². The molecule has 0 aliphatic rings. The Balaban J connectivity index is 2.02. The number of nitrogens with zero attached hydrogens (tertiary/aromatic N) is 2. The molecule has 2 amide bonds. The fourth-order valence-corrected chi connectivity index (χ4v) is 5.34. The summed E-state index contributed by atoms with van der Waals surface area (Å²) in [4.78, 5) is 27.8. The van der Waals surface area contributed by atoms with E-state index in [-0.39, 0.29) is 17.3 Å². The fourth-order valence-electron chi connectivity index (χ4n) is 3.92. The van der Waals surface area contributed by atoms with Gasteiger partial charge < -0.3 is 15.0 Å². The van der Waals surface area contributed by atoms with E-state index in [0.29, 0.717) is 18.0 Å². The van der Waals surface area contributed by atoms with Gasteiger partial charge in [0.2, 0.25) is 11.8 Å². The summed E-state index contributed by atoms with van der Waals surface area (Å²) in [6.07, 6.45) is 0. The highest BCUT2D eigenvalue weighted by atomic mass is 32.2. The van der Waals surface area contributed by atoms with E-state index in [1.54, 1.807) is 43.3 Å². The fraction of sp³-hybridized carbons (Fsp3) is 0.310. The molecule has 202 valence electrons. The zero-order valence-electron chi connectivity index (χ0n) is 22.5. The zero-order chi connectivity index (χ0) is 27.9. The molecule has 0 radical (unpaired) electrons. The lowest BCUT2D eigenvalue weighted by Crippen LogP contribution is -2.50. The average Bonchev–Trinajstić information content (AvgIpc) is 2.91. The zero-order valence-corrected chi connectivity index (χ0v) is 23.3. The van der Waals surface area contributed by atoms with Crippen molar-refractivity contribution in [3.8, 4) is 5.75 Å². The van der Waals surface area contributed by atoms with Crippen molar-refractivity contribution in [1.29, 1.82) is 0 Å². The first kappa shape index (κ1) is 28.7. The molecule has 0 aromatic heterocycles. The first-order valence-electron chi connectivity index (χ1n) is 12.5. The van der Waals surface area contributed by atoms with Crippen LogP contribution in [0, 0.1) is 13.8 Å². The molecule has 0 aliphatic carbocycles. The van der Waals surface area contributed by atoms with Gasteiger partial charge in [-0.2, -0.15) is 0 Å². The molecular weight excluding hydrogens is 502 g/mol. The van der Waals surface area contributed by atoms with Crippen LogP contribution in [0.4, 0.5) is 5.69 Å². The van der Waals surface area contributed by atoms with Gasteiger partial charge >= 0.3 is 0 Å². The van der Waals surface area contributed by atoms with Gasteiger partial charge in [-0.1, -0.05) is 47.5 Å². The SMILES string of the molecule is CCOc1ccc(N(CC(=O)N(Cc2ccc(C)cc2)C(C)C(=O)NC)S(=O)(=O)c2ccc(C)cc2)cc1. The summed E-state index contributed by atoms with van der Waals surface area (Å²) in [6.45, 7) is 7.44. The summed E-state index contributed by atoms with van der Waals surface area (Å²) in [6, 6.07) is 19.8. The van der Waals surface area contributed by atoms with E-state index < -0.39 is 28.5 Å². The quantitative estimate of drug-likeness (QED) is 0.398. The van der Waals surface area contributed by atoms with Gasteiger partial charge in [-0.05, 0) is 69.7 Å². The molecule has 38 heavy (non-hydrogen) atoms. The lowest BCUT2D eigenvalue weighted by Gasteiger charge is -2.31. The van der Waals surface area contributed by atoms with Gasteiger partial charge in [-0.25, -0.2) is 8.42 Å². The number of ether oxygens (including phenoxy) is 1. The predicted molar refractivity (Wildman–Crippen MR) is 149 cm³/mol. The average molecular weight is 538 g/mol. The van der Waals surface area contributed by atoms with Crippen molar-refractivity contribution in [2.24, 2.45) is 0 Å². The van der Waals surface area contributed by atoms with Crippen LogP contribution in [0.25, 0.3) is 0 Å². The van der Waals surface area contributed by atoms with Crippen LogP contribution in [-0.4, -0.2) is 51.4 Å². The largest absolute Gasteiger partial charge is 0.494 e. The first-order chi connectivity index (χ1) is 18.1. The Kier molecular flexibility index (Phi) is 9.52. The Bertz CT molecular complexity index is 1340.